The summed E-state index contributed by atoms with van der Waals surface area (Å²) in [6, 6.07) is 3.44. The van der Waals surface area contributed by atoms with Crippen LogP contribution < -0.4 is 10.6 Å². The van der Waals surface area contributed by atoms with E-state index in [1.54, 1.807) is 12.3 Å². The van der Waals surface area contributed by atoms with Crippen LogP contribution in [0.5, 0.6) is 0 Å². The van der Waals surface area contributed by atoms with Crippen molar-refractivity contribution in [3.8, 4) is 0 Å². The molecule has 2 rings (SSSR count). The van der Waals surface area contributed by atoms with Crippen LogP contribution in [0.4, 0.5) is 19.0 Å². The van der Waals surface area contributed by atoms with Crippen LogP contribution in [0, 0.1) is 0 Å². The molecule has 2 heterocycles. The van der Waals surface area contributed by atoms with Crippen molar-refractivity contribution in [3.63, 3.8) is 0 Å². The summed E-state index contributed by atoms with van der Waals surface area (Å²) < 4.78 is 37.7. The van der Waals surface area contributed by atoms with E-state index in [-0.39, 0.29) is 19.0 Å². The Balaban J connectivity index is 2.21. The van der Waals surface area contributed by atoms with Gasteiger partial charge in [-0.1, -0.05) is 12.1 Å². The van der Waals surface area contributed by atoms with E-state index in [9.17, 15) is 13.2 Å². The van der Waals surface area contributed by atoms with Crippen LogP contribution in [-0.4, -0.2) is 24.2 Å². The number of nitrogens with two attached hydrogens (primary N) is 1. The molecule has 1 aromatic rings. The zero-order valence-corrected chi connectivity index (χ0v) is 10.6. The van der Waals surface area contributed by atoms with E-state index in [0.29, 0.717) is 12.4 Å². The van der Waals surface area contributed by atoms with Crippen LogP contribution in [0.2, 0.25) is 0 Å². The number of hydrogen-bond acceptors (Lipinski definition) is 3. The number of aromatic nitrogens is 1. The summed E-state index contributed by atoms with van der Waals surface area (Å²) in [5, 5.41) is 0. The highest BCUT2D eigenvalue weighted by atomic mass is 19.4. The van der Waals surface area contributed by atoms with Gasteiger partial charge < -0.3 is 10.6 Å². The van der Waals surface area contributed by atoms with E-state index in [1.165, 1.54) is 6.08 Å². The second-order valence-corrected chi connectivity index (χ2v) is 4.63. The summed E-state index contributed by atoms with van der Waals surface area (Å²) in [6.45, 7) is 2.36. The molecule has 1 atom stereocenters. The number of rotatable bonds is 2. The van der Waals surface area contributed by atoms with E-state index in [2.05, 4.69) is 4.98 Å². The van der Waals surface area contributed by atoms with Crippen LogP contribution in [0.1, 0.15) is 24.9 Å². The molecule has 0 bridgehead atoms. The first kappa shape index (κ1) is 13.9. The molecule has 0 amide bonds. The molecule has 0 saturated heterocycles. The zero-order valence-electron chi connectivity index (χ0n) is 10.6. The first-order valence-corrected chi connectivity index (χ1v) is 6.11. The van der Waals surface area contributed by atoms with Gasteiger partial charge in [-0.25, -0.2) is 4.98 Å². The van der Waals surface area contributed by atoms with Crippen molar-refractivity contribution in [2.75, 3.05) is 18.0 Å². The van der Waals surface area contributed by atoms with Crippen LogP contribution in [0.15, 0.2) is 30.0 Å². The Labute approximate surface area is 109 Å². The summed E-state index contributed by atoms with van der Waals surface area (Å²) >= 11 is 0. The second kappa shape index (κ2) is 5.21. The summed E-state index contributed by atoms with van der Waals surface area (Å²) in [5.74, 6) is 0.676. The maximum absolute atomic E-state index is 12.6. The molecule has 0 aromatic carbocycles. The molecule has 2 N–H and O–H groups in total. The molecule has 0 fully saturated rings. The van der Waals surface area contributed by atoms with Crippen LogP contribution in [-0.2, 0) is 0 Å². The topological polar surface area (TPSA) is 42.1 Å². The highest BCUT2D eigenvalue weighted by Crippen LogP contribution is 2.32. The fourth-order valence-corrected chi connectivity index (χ4v) is 2.15. The Morgan fingerprint density at radius 2 is 2.16 bits per heavy atom. The fraction of sp³-hybridized carbons (Fsp3) is 0.462. The third-order valence-corrected chi connectivity index (χ3v) is 3.18. The van der Waals surface area contributed by atoms with Crippen LogP contribution >= 0.6 is 0 Å². The van der Waals surface area contributed by atoms with Gasteiger partial charge in [-0.2, -0.15) is 13.2 Å². The second-order valence-electron chi connectivity index (χ2n) is 4.63. The van der Waals surface area contributed by atoms with Gasteiger partial charge in [0.15, 0.2) is 0 Å². The van der Waals surface area contributed by atoms with Gasteiger partial charge in [0.05, 0.1) is 0 Å². The average Bonchev–Trinajstić information content (AvgIpc) is 2.38. The molecule has 0 spiro atoms. The third-order valence-electron chi connectivity index (χ3n) is 3.18. The minimum Gasteiger partial charge on any atom is -0.352 e. The molecule has 0 saturated carbocycles. The maximum atomic E-state index is 12.6. The molecule has 1 aliphatic heterocycles. The number of hydrogen-bond donors (Lipinski definition) is 1. The van der Waals surface area contributed by atoms with Gasteiger partial charge in [0.1, 0.15) is 5.82 Å². The molecule has 6 heteroatoms. The van der Waals surface area contributed by atoms with Crippen molar-refractivity contribution in [1.29, 1.82) is 0 Å². The highest BCUT2D eigenvalue weighted by molar-refractivity contribution is 5.50. The Morgan fingerprint density at radius 3 is 2.68 bits per heavy atom. The van der Waals surface area contributed by atoms with E-state index >= 15 is 0 Å². The number of pyridine rings is 1. The lowest BCUT2D eigenvalue weighted by atomic mass is 10.1. The predicted molar refractivity (Wildman–Crippen MR) is 67.8 cm³/mol. The standard InChI is InChI=1S/C13H16F3N3/c1-9(17)11-3-2-6-18-12(11)19-7-4-10(5-8-19)13(14,15)16/h2-4,6,9H,5,7-8,17H2,1H3/t9-/m0/s1. The van der Waals surface area contributed by atoms with E-state index in [4.69, 9.17) is 5.73 Å². The lowest BCUT2D eigenvalue weighted by Gasteiger charge is -2.30. The molecule has 0 aliphatic carbocycles. The normalized spacial score (nSPS) is 18.2. The number of halogens is 3. The van der Waals surface area contributed by atoms with Crippen LogP contribution in [0.3, 0.4) is 0 Å². The van der Waals surface area contributed by atoms with Crippen molar-refractivity contribution in [2.45, 2.75) is 25.6 Å². The third kappa shape index (κ3) is 3.07. The summed E-state index contributed by atoms with van der Waals surface area (Å²) in [4.78, 5) is 6.07. The SMILES string of the molecule is C[C@H](N)c1cccnc1N1CC=C(C(F)(F)F)CC1. The monoisotopic (exact) mass is 271 g/mol. The predicted octanol–water partition coefficient (Wildman–Crippen LogP) is 2.80. The van der Waals surface area contributed by atoms with Gasteiger partial charge in [-0.15, -0.1) is 0 Å². The molecular weight excluding hydrogens is 255 g/mol. The molecular formula is C13H16F3N3. The molecule has 3 nitrogen and oxygen atoms in total. The quantitative estimate of drug-likeness (QED) is 0.841. The molecule has 0 unspecified atom stereocenters. The van der Waals surface area contributed by atoms with E-state index in [0.717, 1.165) is 5.56 Å². The van der Waals surface area contributed by atoms with E-state index < -0.39 is 11.7 Å². The highest BCUT2D eigenvalue weighted by Gasteiger charge is 2.35. The number of alkyl halides is 3. The van der Waals surface area contributed by atoms with Gasteiger partial charge in [-0.3, -0.25) is 0 Å². The van der Waals surface area contributed by atoms with Gasteiger partial charge in [-0.05, 0) is 19.4 Å². The Hall–Kier alpha value is -1.56. The Kier molecular flexibility index (Phi) is 3.80. The molecule has 19 heavy (non-hydrogen) atoms. The lowest BCUT2D eigenvalue weighted by molar-refractivity contribution is -0.0944. The van der Waals surface area contributed by atoms with Gasteiger partial charge >= 0.3 is 6.18 Å². The summed E-state index contributed by atoms with van der Waals surface area (Å²) in [5.41, 5.74) is 6.25. The van der Waals surface area contributed by atoms with Gasteiger partial charge in [0.2, 0.25) is 0 Å². The van der Waals surface area contributed by atoms with Crippen molar-refractivity contribution in [3.05, 3.63) is 35.5 Å². The van der Waals surface area contributed by atoms with Crippen LogP contribution in [0.25, 0.3) is 0 Å². The first-order chi connectivity index (χ1) is 8.89. The minimum absolute atomic E-state index is 0.0154. The fourth-order valence-electron chi connectivity index (χ4n) is 2.15. The largest absolute Gasteiger partial charge is 0.412 e. The molecule has 104 valence electrons. The summed E-state index contributed by atoms with van der Waals surface area (Å²) in [6.07, 6.45) is -1.38. The number of anilines is 1. The van der Waals surface area contributed by atoms with Gasteiger partial charge in [0.25, 0.3) is 0 Å². The first-order valence-electron chi connectivity index (χ1n) is 6.11. The summed E-state index contributed by atoms with van der Waals surface area (Å²) in [7, 11) is 0. The molecule has 1 aromatic heterocycles. The maximum Gasteiger partial charge on any atom is 0.412 e. The van der Waals surface area contributed by atoms with E-state index in [1.807, 2.05) is 17.9 Å². The van der Waals surface area contributed by atoms with Crippen molar-refractivity contribution in [1.82, 2.24) is 4.98 Å². The molecule has 1 aliphatic rings. The molecule has 0 radical (unpaired) electrons. The zero-order chi connectivity index (χ0) is 14.0. The lowest BCUT2D eigenvalue weighted by Crippen LogP contribution is -2.33. The Morgan fingerprint density at radius 1 is 1.42 bits per heavy atom. The number of nitrogens with zero attached hydrogens (tertiary/aromatic N) is 2. The van der Waals surface area contributed by atoms with Crippen molar-refractivity contribution >= 4 is 5.82 Å². The van der Waals surface area contributed by atoms with Gasteiger partial charge in [0, 0.05) is 36.5 Å². The Bertz CT molecular complexity index is 480. The smallest absolute Gasteiger partial charge is 0.352 e. The minimum atomic E-state index is -4.22. The van der Waals surface area contributed by atoms with Crippen molar-refractivity contribution < 1.29 is 13.2 Å². The average molecular weight is 271 g/mol. The van der Waals surface area contributed by atoms with Crippen molar-refractivity contribution in [2.24, 2.45) is 5.73 Å².